The molecule has 0 radical (unpaired) electrons. The normalized spacial score (nSPS) is 12.2. The van der Waals surface area contributed by atoms with Gasteiger partial charge in [-0.1, -0.05) is 26.0 Å². The van der Waals surface area contributed by atoms with Gasteiger partial charge >= 0.3 is 0 Å². The molecule has 0 saturated carbocycles. The zero-order chi connectivity index (χ0) is 14.1. The summed E-state index contributed by atoms with van der Waals surface area (Å²) in [5.41, 5.74) is 1.05. The number of benzene rings is 1. The van der Waals surface area contributed by atoms with Crippen LogP contribution in [0.15, 0.2) is 24.3 Å². The lowest BCUT2D eigenvalue weighted by Gasteiger charge is -2.17. The van der Waals surface area contributed by atoms with Crippen molar-refractivity contribution >= 4 is 5.91 Å². The number of amides is 1. The number of carbonyl (C=O) groups is 1. The molecule has 1 atom stereocenters. The second-order valence-corrected chi connectivity index (χ2v) is 4.57. The van der Waals surface area contributed by atoms with Crippen LogP contribution in [0.5, 0.6) is 0 Å². The average molecular weight is 266 g/mol. The van der Waals surface area contributed by atoms with Gasteiger partial charge in [0, 0.05) is 25.6 Å². The molecule has 0 fully saturated rings. The first-order valence-corrected chi connectivity index (χ1v) is 6.92. The van der Waals surface area contributed by atoms with Crippen molar-refractivity contribution in [2.45, 2.75) is 39.2 Å². The minimum absolute atomic E-state index is 0.0725. The molecule has 1 aromatic rings. The first kappa shape index (κ1) is 15.6. The Labute approximate surface area is 114 Å². The van der Waals surface area contributed by atoms with E-state index in [9.17, 15) is 9.18 Å². The summed E-state index contributed by atoms with van der Waals surface area (Å²) in [6.07, 6.45) is 2.33. The third kappa shape index (κ3) is 5.83. The van der Waals surface area contributed by atoms with Gasteiger partial charge in [0.15, 0.2) is 0 Å². The first-order valence-electron chi connectivity index (χ1n) is 6.92. The van der Waals surface area contributed by atoms with Crippen molar-refractivity contribution < 1.29 is 9.18 Å². The Kier molecular flexibility index (Phi) is 7.11. The summed E-state index contributed by atoms with van der Waals surface area (Å²) in [7, 11) is 0. The average Bonchev–Trinajstić information content (AvgIpc) is 2.42. The summed E-state index contributed by atoms with van der Waals surface area (Å²) in [6.45, 7) is 5.46. The molecule has 1 unspecified atom stereocenters. The lowest BCUT2D eigenvalue weighted by molar-refractivity contribution is -0.121. The van der Waals surface area contributed by atoms with Crippen LogP contribution in [0.3, 0.4) is 0 Å². The smallest absolute Gasteiger partial charge is 0.221 e. The fourth-order valence-electron chi connectivity index (χ4n) is 1.91. The van der Waals surface area contributed by atoms with Gasteiger partial charge in [0.05, 0.1) is 0 Å². The highest BCUT2D eigenvalue weighted by atomic mass is 19.1. The summed E-state index contributed by atoms with van der Waals surface area (Å²) in [5.74, 6) is -0.152. The quantitative estimate of drug-likeness (QED) is 0.759. The maximum atomic E-state index is 12.9. The Morgan fingerprint density at radius 2 is 1.89 bits per heavy atom. The van der Waals surface area contributed by atoms with Crippen molar-refractivity contribution in [3.05, 3.63) is 35.6 Å². The molecule has 1 rings (SSSR count). The highest BCUT2D eigenvalue weighted by molar-refractivity contribution is 5.75. The van der Waals surface area contributed by atoms with E-state index in [4.69, 9.17) is 0 Å². The lowest BCUT2D eigenvalue weighted by Crippen LogP contribution is -2.29. The molecule has 19 heavy (non-hydrogen) atoms. The second kappa shape index (κ2) is 8.64. The van der Waals surface area contributed by atoms with Crippen LogP contribution in [0.4, 0.5) is 4.39 Å². The van der Waals surface area contributed by atoms with E-state index in [0.29, 0.717) is 13.0 Å². The maximum Gasteiger partial charge on any atom is 0.221 e. The molecule has 0 saturated heterocycles. The predicted molar refractivity (Wildman–Crippen MR) is 75.4 cm³/mol. The molecular weight excluding hydrogens is 243 g/mol. The summed E-state index contributed by atoms with van der Waals surface area (Å²) in [4.78, 5) is 11.5. The van der Waals surface area contributed by atoms with Gasteiger partial charge in [-0.3, -0.25) is 4.79 Å². The van der Waals surface area contributed by atoms with Gasteiger partial charge in [0.2, 0.25) is 5.91 Å². The SMILES string of the molecule is CCCNC(=O)CCNC(CC)c1ccc(F)cc1. The Morgan fingerprint density at radius 3 is 2.47 bits per heavy atom. The molecule has 0 heterocycles. The topological polar surface area (TPSA) is 41.1 Å². The monoisotopic (exact) mass is 266 g/mol. The Balaban J connectivity index is 2.37. The van der Waals surface area contributed by atoms with Crippen LogP contribution in [-0.4, -0.2) is 19.0 Å². The van der Waals surface area contributed by atoms with Crippen molar-refractivity contribution in [1.29, 1.82) is 0 Å². The Bertz CT molecular complexity index is 378. The lowest BCUT2D eigenvalue weighted by atomic mass is 10.0. The van der Waals surface area contributed by atoms with Crippen LogP contribution in [0.1, 0.15) is 44.7 Å². The van der Waals surface area contributed by atoms with Gasteiger partial charge in [0.25, 0.3) is 0 Å². The summed E-state index contributed by atoms with van der Waals surface area (Å²) in [5, 5.41) is 6.17. The summed E-state index contributed by atoms with van der Waals surface area (Å²) in [6, 6.07) is 6.67. The van der Waals surface area contributed by atoms with E-state index in [1.165, 1.54) is 12.1 Å². The van der Waals surface area contributed by atoms with E-state index >= 15 is 0 Å². The molecular formula is C15H23FN2O. The molecule has 0 spiro atoms. The number of nitrogens with one attached hydrogen (secondary N) is 2. The fraction of sp³-hybridized carbons (Fsp3) is 0.533. The number of hydrogen-bond acceptors (Lipinski definition) is 2. The van der Waals surface area contributed by atoms with Crippen molar-refractivity contribution in [3.63, 3.8) is 0 Å². The zero-order valence-corrected chi connectivity index (χ0v) is 11.7. The third-order valence-corrected chi connectivity index (χ3v) is 3.00. The number of rotatable bonds is 8. The second-order valence-electron chi connectivity index (χ2n) is 4.57. The zero-order valence-electron chi connectivity index (χ0n) is 11.7. The molecule has 0 aromatic heterocycles. The minimum atomic E-state index is -0.224. The van der Waals surface area contributed by atoms with E-state index in [1.54, 1.807) is 12.1 Å². The summed E-state index contributed by atoms with van der Waals surface area (Å²) >= 11 is 0. The van der Waals surface area contributed by atoms with Crippen molar-refractivity contribution in [2.75, 3.05) is 13.1 Å². The Morgan fingerprint density at radius 1 is 1.21 bits per heavy atom. The summed E-state index contributed by atoms with van der Waals surface area (Å²) < 4.78 is 12.9. The first-order chi connectivity index (χ1) is 9.17. The van der Waals surface area contributed by atoms with Crippen LogP contribution in [0.2, 0.25) is 0 Å². The molecule has 3 nitrogen and oxygen atoms in total. The molecule has 0 aliphatic rings. The molecule has 2 N–H and O–H groups in total. The largest absolute Gasteiger partial charge is 0.356 e. The Hall–Kier alpha value is -1.42. The van der Waals surface area contributed by atoms with Gasteiger partial charge in [-0.2, -0.15) is 0 Å². The van der Waals surface area contributed by atoms with Gasteiger partial charge in [-0.05, 0) is 30.5 Å². The van der Waals surface area contributed by atoms with Crippen molar-refractivity contribution in [1.82, 2.24) is 10.6 Å². The molecule has 106 valence electrons. The molecule has 1 amide bonds. The van der Waals surface area contributed by atoms with Gasteiger partial charge in [0.1, 0.15) is 5.82 Å². The third-order valence-electron chi connectivity index (χ3n) is 3.00. The van der Waals surface area contributed by atoms with Crippen LogP contribution < -0.4 is 10.6 Å². The van der Waals surface area contributed by atoms with Gasteiger partial charge < -0.3 is 10.6 Å². The maximum absolute atomic E-state index is 12.9. The van der Waals surface area contributed by atoms with Crippen LogP contribution >= 0.6 is 0 Å². The molecule has 0 aliphatic heterocycles. The predicted octanol–water partition coefficient (Wildman–Crippen LogP) is 2.78. The highest BCUT2D eigenvalue weighted by Gasteiger charge is 2.09. The fourth-order valence-corrected chi connectivity index (χ4v) is 1.91. The minimum Gasteiger partial charge on any atom is -0.356 e. The number of halogens is 1. The van der Waals surface area contributed by atoms with E-state index < -0.39 is 0 Å². The standard InChI is InChI=1S/C15H23FN2O/c1-3-10-18-15(19)9-11-17-14(4-2)12-5-7-13(16)8-6-12/h5-8,14,17H,3-4,9-11H2,1-2H3,(H,18,19). The van der Waals surface area contributed by atoms with E-state index in [-0.39, 0.29) is 17.8 Å². The van der Waals surface area contributed by atoms with Gasteiger partial charge in [-0.25, -0.2) is 4.39 Å². The van der Waals surface area contributed by atoms with Crippen LogP contribution in [0.25, 0.3) is 0 Å². The van der Waals surface area contributed by atoms with Crippen molar-refractivity contribution in [2.24, 2.45) is 0 Å². The number of hydrogen-bond donors (Lipinski definition) is 2. The number of carbonyl (C=O) groups excluding carboxylic acids is 1. The molecule has 1 aromatic carbocycles. The van der Waals surface area contributed by atoms with Crippen molar-refractivity contribution in [3.8, 4) is 0 Å². The molecule has 0 bridgehead atoms. The molecule has 0 aliphatic carbocycles. The highest BCUT2D eigenvalue weighted by Crippen LogP contribution is 2.16. The van der Waals surface area contributed by atoms with Gasteiger partial charge in [-0.15, -0.1) is 0 Å². The van der Waals surface area contributed by atoms with Crippen LogP contribution in [-0.2, 0) is 4.79 Å². The molecule has 4 heteroatoms. The van der Waals surface area contributed by atoms with E-state index in [1.807, 2.05) is 6.92 Å². The van der Waals surface area contributed by atoms with E-state index in [2.05, 4.69) is 17.6 Å². The van der Waals surface area contributed by atoms with Crippen LogP contribution in [0, 0.1) is 5.82 Å². The van der Waals surface area contributed by atoms with E-state index in [0.717, 1.165) is 24.9 Å².